The van der Waals surface area contributed by atoms with Crippen LogP contribution >= 0.6 is 15.9 Å². The molecule has 0 amide bonds. The van der Waals surface area contributed by atoms with E-state index in [1.165, 1.54) is 5.56 Å². The van der Waals surface area contributed by atoms with Gasteiger partial charge in [0.2, 0.25) is 0 Å². The average Bonchev–Trinajstić information content (AvgIpc) is 2.81. The van der Waals surface area contributed by atoms with Crippen LogP contribution in [0.15, 0.2) is 57.4 Å². The number of halogens is 1. The van der Waals surface area contributed by atoms with E-state index in [2.05, 4.69) is 67.0 Å². The zero-order valence-corrected chi connectivity index (χ0v) is 13.5. The van der Waals surface area contributed by atoms with Crippen LogP contribution in [-0.4, -0.2) is 0 Å². The highest BCUT2D eigenvalue weighted by Crippen LogP contribution is 2.35. The van der Waals surface area contributed by atoms with Crippen molar-refractivity contribution in [2.75, 3.05) is 0 Å². The van der Waals surface area contributed by atoms with Crippen molar-refractivity contribution in [3.8, 4) is 11.3 Å². The Balaban J connectivity index is 2.17. The molecule has 102 valence electrons. The monoisotopic (exact) mass is 328 g/mol. The number of hydrogen-bond acceptors (Lipinski definition) is 1. The minimum atomic E-state index is 0.126. The number of benzene rings is 2. The molecule has 0 aliphatic heterocycles. The van der Waals surface area contributed by atoms with Crippen molar-refractivity contribution in [3.63, 3.8) is 0 Å². The standard InChI is InChI=1S/C18H17BrO/c1-18(2,3)13-8-9-15(19)14(11-13)17-10-12-6-4-5-7-16(12)20-17/h4-11H,1-3H3. The van der Waals surface area contributed by atoms with E-state index in [9.17, 15) is 0 Å². The third-order valence-corrected chi connectivity index (χ3v) is 4.21. The lowest BCUT2D eigenvalue weighted by Gasteiger charge is -2.20. The van der Waals surface area contributed by atoms with Crippen LogP contribution in [0.4, 0.5) is 0 Å². The fourth-order valence-electron chi connectivity index (χ4n) is 2.30. The molecule has 3 aromatic rings. The molecule has 0 unspecified atom stereocenters. The van der Waals surface area contributed by atoms with E-state index in [-0.39, 0.29) is 5.41 Å². The van der Waals surface area contributed by atoms with Crippen LogP contribution < -0.4 is 0 Å². The third-order valence-electron chi connectivity index (χ3n) is 3.52. The van der Waals surface area contributed by atoms with Gasteiger partial charge in [0.25, 0.3) is 0 Å². The van der Waals surface area contributed by atoms with Gasteiger partial charge < -0.3 is 4.42 Å². The maximum Gasteiger partial charge on any atom is 0.136 e. The lowest BCUT2D eigenvalue weighted by atomic mass is 9.86. The molecule has 2 heteroatoms. The zero-order valence-electron chi connectivity index (χ0n) is 11.9. The summed E-state index contributed by atoms with van der Waals surface area (Å²) >= 11 is 3.63. The first-order valence-electron chi connectivity index (χ1n) is 6.74. The van der Waals surface area contributed by atoms with Crippen molar-refractivity contribution in [2.45, 2.75) is 26.2 Å². The molecule has 1 nitrogen and oxygen atoms in total. The summed E-state index contributed by atoms with van der Waals surface area (Å²) in [5.74, 6) is 0.907. The maximum atomic E-state index is 5.97. The Hall–Kier alpha value is -1.54. The first kappa shape index (κ1) is 13.4. The van der Waals surface area contributed by atoms with Gasteiger partial charge in [0.15, 0.2) is 0 Å². The fraction of sp³-hybridized carbons (Fsp3) is 0.222. The Kier molecular flexibility index (Phi) is 3.21. The summed E-state index contributed by atoms with van der Waals surface area (Å²) in [5, 5.41) is 1.13. The Bertz CT molecular complexity index is 729. The molecule has 1 heterocycles. The molecule has 0 aliphatic rings. The molecule has 0 fully saturated rings. The number of para-hydroxylation sites is 1. The van der Waals surface area contributed by atoms with Crippen LogP contribution in [0, 0.1) is 0 Å². The molecule has 0 aliphatic carbocycles. The molecule has 0 atom stereocenters. The zero-order chi connectivity index (χ0) is 14.3. The van der Waals surface area contributed by atoms with E-state index >= 15 is 0 Å². The molecule has 0 saturated carbocycles. The van der Waals surface area contributed by atoms with E-state index in [0.717, 1.165) is 26.8 Å². The second kappa shape index (κ2) is 4.78. The quantitative estimate of drug-likeness (QED) is 0.521. The first-order valence-corrected chi connectivity index (χ1v) is 7.53. The van der Waals surface area contributed by atoms with E-state index < -0.39 is 0 Å². The highest BCUT2D eigenvalue weighted by atomic mass is 79.9. The molecule has 0 N–H and O–H groups in total. The smallest absolute Gasteiger partial charge is 0.136 e. The van der Waals surface area contributed by atoms with Crippen molar-refractivity contribution in [1.29, 1.82) is 0 Å². The van der Waals surface area contributed by atoms with Gasteiger partial charge in [0.1, 0.15) is 11.3 Å². The summed E-state index contributed by atoms with van der Waals surface area (Å²) in [4.78, 5) is 0. The number of furan rings is 1. The highest BCUT2D eigenvalue weighted by molar-refractivity contribution is 9.10. The maximum absolute atomic E-state index is 5.97. The van der Waals surface area contributed by atoms with E-state index in [1.54, 1.807) is 0 Å². The van der Waals surface area contributed by atoms with Crippen LogP contribution in [0.2, 0.25) is 0 Å². The normalized spacial score (nSPS) is 12.0. The van der Waals surface area contributed by atoms with Crippen LogP contribution in [0.5, 0.6) is 0 Å². The molecule has 0 bridgehead atoms. The van der Waals surface area contributed by atoms with Crippen molar-refractivity contribution in [1.82, 2.24) is 0 Å². The predicted molar refractivity (Wildman–Crippen MR) is 88.1 cm³/mol. The van der Waals surface area contributed by atoms with Gasteiger partial charge in [0.05, 0.1) is 0 Å². The van der Waals surface area contributed by atoms with E-state index in [0.29, 0.717) is 0 Å². The van der Waals surface area contributed by atoms with Crippen molar-refractivity contribution >= 4 is 26.9 Å². The van der Waals surface area contributed by atoms with Gasteiger partial charge in [-0.25, -0.2) is 0 Å². The number of rotatable bonds is 1. The van der Waals surface area contributed by atoms with Gasteiger partial charge >= 0.3 is 0 Å². The summed E-state index contributed by atoms with van der Waals surface area (Å²) in [6.07, 6.45) is 0. The molecular weight excluding hydrogens is 312 g/mol. The Morgan fingerprint density at radius 3 is 2.40 bits per heavy atom. The molecule has 0 saturated heterocycles. The minimum Gasteiger partial charge on any atom is -0.456 e. The summed E-state index contributed by atoms with van der Waals surface area (Å²) in [6.45, 7) is 6.66. The summed E-state index contributed by atoms with van der Waals surface area (Å²) in [6, 6.07) is 16.7. The Morgan fingerprint density at radius 1 is 0.950 bits per heavy atom. The SMILES string of the molecule is CC(C)(C)c1ccc(Br)c(-c2cc3ccccc3o2)c1. The third kappa shape index (κ3) is 2.40. The van der Waals surface area contributed by atoms with Gasteiger partial charge in [-0.2, -0.15) is 0 Å². The van der Waals surface area contributed by atoms with Crippen LogP contribution in [-0.2, 0) is 5.41 Å². The van der Waals surface area contributed by atoms with Crippen LogP contribution in [0.1, 0.15) is 26.3 Å². The predicted octanol–water partition coefficient (Wildman–Crippen LogP) is 6.16. The largest absolute Gasteiger partial charge is 0.456 e. The van der Waals surface area contributed by atoms with Gasteiger partial charge in [-0.3, -0.25) is 0 Å². The number of fused-ring (bicyclic) bond motifs is 1. The Labute approximate surface area is 127 Å². The van der Waals surface area contributed by atoms with E-state index in [1.807, 2.05) is 18.2 Å². The van der Waals surface area contributed by atoms with Crippen LogP contribution in [0.3, 0.4) is 0 Å². The summed E-state index contributed by atoms with van der Waals surface area (Å²) < 4.78 is 7.03. The minimum absolute atomic E-state index is 0.126. The molecular formula is C18H17BrO. The molecule has 3 rings (SSSR count). The molecule has 1 aromatic heterocycles. The van der Waals surface area contributed by atoms with E-state index in [4.69, 9.17) is 4.42 Å². The average molecular weight is 329 g/mol. The van der Waals surface area contributed by atoms with Gasteiger partial charge in [0, 0.05) is 15.4 Å². The van der Waals surface area contributed by atoms with Crippen LogP contribution in [0.25, 0.3) is 22.3 Å². The van der Waals surface area contributed by atoms with Gasteiger partial charge in [-0.1, -0.05) is 61.0 Å². The lowest BCUT2D eigenvalue weighted by molar-refractivity contribution is 0.589. The Morgan fingerprint density at radius 2 is 1.70 bits per heavy atom. The summed E-state index contributed by atoms with van der Waals surface area (Å²) in [7, 11) is 0. The van der Waals surface area contributed by atoms with Gasteiger partial charge in [-0.15, -0.1) is 0 Å². The van der Waals surface area contributed by atoms with Crippen molar-refractivity contribution in [3.05, 3.63) is 58.6 Å². The summed E-state index contributed by atoms with van der Waals surface area (Å²) in [5.41, 5.74) is 3.46. The highest BCUT2D eigenvalue weighted by Gasteiger charge is 2.17. The molecule has 2 aromatic carbocycles. The molecule has 20 heavy (non-hydrogen) atoms. The van der Waals surface area contributed by atoms with Crippen molar-refractivity contribution in [2.24, 2.45) is 0 Å². The second-order valence-corrected chi connectivity index (χ2v) is 6.95. The second-order valence-electron chi connectivity index (χ2n) is 6.09. The fourth-order valence-corrected chi connectivity index (χ4v) is 2.74. The molecule has 0 spiro atoms. The van der Waals surface area contributed by atoms with Crippen molar-refractivity contribution < 1.29 is 4.42 Å². The number of hydrogen-bond donors (Lipinski definition) is 0. The topological polar surface area (TPSA) is 13.1 Å². The molecule has 0 radical (unpaired) electrons. The first-order chi connectivity index (χ1) is 9.45. The van der Waals surface area contributed by atoms with Gasteiger partial charge in [-0.05, 0) is 35.2 Å². The lowest BCUT2D eigenvalue weighted by Crippen LogP contribution is -2.10.